The van der Waals surface area contributed by atoms with Crippen LogP contribution in [0.1, 0.15) is 46.0 Å². The second kappa shape index (κ2) is 9.15. The van der Waals surface area contributed by atoms with Crippen LogP contribution in [-0.4, -0.2) is 29.1 Å². The van der Waals surface area contributed by atoms with Gasteiger partial charge in [0.15, 0.2) is 0 Å². The fourth-order valence-corrected chi connectivity index (χ4v) is 2.21. The zero-order valence-electron chi connectivity index (χ0n) is 12.4. The number of imidazole rings is 1. The van der Waals surface area contributed by atoms with E-state index in [0.717, 1.165) is 6.54 Å². The van der Waals surface area contributed by atoms with Crippen molar-refractivity contribution in [3.63, 3.8) is 0 Å². The lowest BCUT2D eigenvalue weighted by Gasteiger charge is -2.21. The van der Waals surface area contributed by atoms with Crippen LogP contribution >= 0.6 is 0 Å². The third kappa shape index (κ3) is 6.20. The lowest BCUT2D eigenvalue weighted by molar-refractivity contribution is -0.671. The highest BCUT2D eigenvalue weighted by molar-refractivity contribution is 4.67. The maximum absolute atomic E-state index is 2.64. The molecule has 1 aromatic heterocycles. The molecule has 3 nitrogen and oxygen atoms in total. The van der Waals surface area contributed by atoms with Crippen LogP contribution in [0.3, 0.4) is 0 Å². The summed E-state index contributed by atoms with van der Waals surface area (Å²) in [6, 6.07) is 0. The first-order valence-corrected chi connectivity index (χ1v) is 7.49. The van der Waals surface area contributed by atoms with Crippen LogP contribution in [0.5, 0.6) is 0 Å². The highest BCUT2D eigenvalue weighted by atomic mass is 15.1. The van der Waals surface area contributed by atoms with Crippen LogP contribution in [0.4, 0.5) is 0 Å². The SMILES string of the molecule is CCCCN(CCCC)CCCn1cc[n+](C)c1. The average Bonchev–Trinajstić information content (AvgIpc) is 2.78. The van der Waals surface area contributed by atoms with Gasteiger partial charge in [0.2, 0.25) is 6.33 Å². The first-order valence-electron chi connectivity index (χ1n) is 7.49. The minimum Gasteiger partial charge on any atom is -0.303 e. The number of unbranched alkanes of at least 4 members (excludes halogenated alkanes) is 2. The van der Waals surface area contributed by atoms with E-state index in [0.29, 0.717) is 0 Å². The molecule has 0 amide bonds. The van der Waals surface area contributed by atoms with Gasteiger partial charge in [0, 0.05) is 6.54 Å². The van der Waals surface area contributed by atoms with Crippen molar-refractivity contribution in [2.75, 3.05) is 19.6 Å². The molecule has 0 aliphatic rings. The van der Waals surface area contributed by atoms with E-state index >= 15 is 0 Å². The summed E-state index contributed by atoms with van der Waals surface area (Å²) in [5.41, 5.74) is 0. The normalized spacial score (nSPS) is 11.3. The summed E-state index contributed by atoms with van der Waals surface area (Å²) in [7, 11) is 2.07. The van der Waals surface area contributed by atoms with Crippen molar-refractivity contribution in [1.82, 2.24) is 9.47 Å². The molecule has 1 aromatic rings. The Morgan fingerprint density at radius 2 is 1.61 bits per heavy atom. The molecule has 0 bridgehead atoms. The lowest BCUT2D eigenvalue weighted by Crippen LogP contribution is -2.28. The monoisotopic (exact) mass is 252 g/mol. The van der Waals surface area contributed by atoms with Crippen molar-refractivity contribution in [3.05, 3.63) is 18.7 Å². The van der Waals surface area contributed by atoms with Gasteiger partial charge in [0.1, 0.15) is 12.4 Å². The molecular formula is C15H30N3+. The second-order valence-electron chi connectivity index (χ2n) is 5.22. The fraction of sp³-hybridized carbons (Fsp3) is 0.800. The second-order valence-corrected chi connectivity index (χ2v) is 5.22. The van der Waals surface area contributed by atoms with E-state index in [-0.39, 0.29) is 0 Å². The van der Waals surface area contributed by atoms with Crippen LogP contribution < -0.4 is 4.57 Å². The number of hydrogen-bond donors (Lipinski definition) is 0. The lowest BCUT2D eigenvalue weighted by atomic mass is 10.2. The number of hydrogen-bond acceptors (Lipinski definition) is 1. The summed E-state index contributed by atoms with van der Waals surface area (Å²) in [4.78, 5) is 2.64. The van der Waals surface area contributed by atoms with E-state index in [1.54, 1.807) is 0 Å². The largest absolute Gasteiger partial charge is 0.303 e. The van der Waals surface area contributed by atoms with Gasteiger partial charge in [-0.1, -0.05) is 26.7 Å². The van der Waals surface area contributed by atoms with Gasteiger partial charge in [-0.05, 0) is 32.4 Å². The Bertz CT molecular complexity index is 298. The van der Waals surface area contributed by atoms with Crippen LogP contribution in [0, 0.1) is 0 Å². The third-order valence-corrected chi connectivity index (χ3v) is 3.37. The van der Waals surface area contributed by atoms with Gasteiger partial charge < -0.3 is 4.90 Å². The molecule has 0 fully saturated rings. The average molecular weight is 252 g/mol. The molecule has 0 N–H and O–H groups in total. The van der Waals surface area contributed by atoms with E-state index in [1.807, 2.05) is 0 Å². The Labute approximate surface area is 112 Å². The molecule has 1 heterocycles. The topological polar surface area (TPSA) is 12.1 Å². The van der Waals surface area contributed by atoms with Crippen LogP contribution in [0.2, 0.25) is 0 Å². The summed E-state index contributed by atoms with van der Waals surface area (Å²) in [6.45, 7) is 9.47. The van der Waals surface area contributed by atoms with Crippen molar-refractivity contribution in [1.29, 1.82) is 0 Å². The van der Waals surface area contributed by atoms with E-state index in [9.17, 15) is 0 Å². The Morgan fingerprint density at radius 3 is 2.11 bits per heavy atom. The van der Waals surface area contributed by atoms with Crippen LogP contribution in [-0.2, 0) is 13.6 Å². The molecule has 18 heavy (non-hydrogen) atoms. The summed E-state index contributed by atoms with van der Waals surface area (Å²) in [6.07, 6.45) is 12.9. The fourth-order valence-electron chi connectivity index (χ4n) is 2.21. The molecule has 1 rings (SSSR count). The Balaban J connectivity index is 2.22. The van der Waals surface area contributed by atoms with Gasteiger partial charge in [-0.25, -0.2) is 9.13 Å². The molecule has 0 saturated heterocycles. The molecule has 0 spiro atoms. The van der Waals surface area contributed by atoms with Crippen LogP contribution in [0.25, 0.3) is 0 Å². The maximum Gasteiger partial charge on any atom is 0.243 e. The van der Waals surface area contributed by atoms with Crippen molar-refractivity contribution in [2.24, 2.45) is 7.05 Å². The standard InChI is InChI=1S/C15H30N3/c1-4-6-9-17(10-7-5-2)11-8-12-18-14-13-16(3)15-18/h13-15H,4-12H2,1-3H3/q+1. The van der Waals surface area contributed by atoms with Gasteiger partial charge in [-0.3, -0.25) is 0 Å². The van der Waals surface area contributed by atoms with E-state index in [4.69, 9.17) is 0 Å². The highest BCUT2D eigenvalue weighted by Gasteiger charge is 2.05. The van der Waals surface area contributed by atoms with E-state index in [1.165, 1.54) is 51.7 Å². The Morgan fingerprint density at radius 1 is 1.00 bits per heavy atom. The molecule has 0 unspecified atom stereocenters. The summed E-state index contributed by atoms with van der Waals surface area (Å²) in [5.74, 6) is 0. The summed E-state index contributed by atoms with van der Waals surface area (Å²) >= 11 is 0. The van der Waals surface area contributed by atoms with Gasteiger partial charge in [0.05, 0.1) is 13.6 Å². The summed E-state index contributed by atoms with van der Waals surface area (Å²) in [5, 5.41) is 0. The maximum atomic E-state index is 2.64. The van der Waals surface area contributed by atoms with Crippen molar-refractivity contribution in [2.45, 2.75) is 52.5 Å². The number of rotatable bonds is 10. The quantitative estimate of drug-likeness (QED) is 0.583. The molecule has 0 saturated carbocycles. The number of aryl methyl sites for hydroxylation is 2. The highest BCUT2D eigenvalue weighted by Crippen LogP contribution is 2.01. The molecule has 3 heteroatoms. The third-order valence-electron chi connectivity index (χ3n) is 3.37. The molecule has 0 aliphatic heterocycles. The van der Waals surface area contributed by atoms with Crippen molar-refractivity contribution >= 4 is 0 Å². The first-order chi connectivity index (χ1) is 8.76. The van der Waals surface area contributed by atoms with Crippen molar-refractivity contribution < 1.29 is 4.57 Å². The van der Waals surface area contributed by atoms with Crippen LogP contribution in [0.15, 0.2) is 18.7 Å². The number of aromatic nitrogens is 2. The minimum absolute atomic E-state index is 1.13. The number of nitrogens with zero attached hydrogens (tertiary/aromatic N) is 3. The Hall–Kier alpha value is -0.830. The van der Waals surface area contributed by atoms with Crippen molar-refractivity contribution in [3.8, 4) is 0 Å². The molecule has 104 valence electrons. The summed E-state index contributed by atoms with van der Waals surface area (Å²) < 4.78 is 4.38. The molecule has 0 aromatic carbocycles. The minimum atomic E-state index is 1.13. The van der Waals surface area contributed by atoms with E-state index in [2.05, 4.69) is 53.7 Å². The molecule has 0 radical (unpaired) electrons. The van der Waals surface area contributed by atoms with E-state index < -0.39 is 0 Å². The molecule has 0 aliphatic carbocycles. The zero-order chi connectivity index (χ0) is 13.2. The smallest absolute Gasteiger partial charge is 0.243 e. The van der Waals surface area contributed by atoms with Gasteiger partial charge in [0.25, 0.3) is 0 Å². The Kier molecular flexibility index (Phi) is 7.74. The van der Waals surface area contributed by atoms with Gasteiger partial charge in [-0.2, -0.15) is 0 Å². The van der Waals surface area contributed by atoms with Gasteiger partial charge >= 0.3 is 0 Å². The first kappa shape index (κ1) is 15.2. The molecular weight excluding hydrogens is 222 g/mol. The predicted molar refractivity (Wildman–Crippen MR) is 76.5 cm³/mol. The predicted octanol–water partition coefficient (Wildman–Crippen LogP) is 2.60. The van der Waals surface area contributed by atoms with Gasteiger partial charge in [-0.15, -0.1) is 0 Å². The molecule has 0 atom stereocenters. The zero-order valence-corrected chi connectivity index (χ0v) is 12.4.